The van der Waals surface area contributed by atoms with Crippen LogP contribution in [0.4, 0.5) is 4.39 Å². The van der Waals surface area contributed by atoms with E-state index in [-0.39, 0.29) is 22.5 Å². The summed E-state index contributed by atoms with van der Waals surface area (Å²) in [6.07, 6.45) is 3.87. The Bertz CT molecular complexity index is 695. The van der Waals surface area contributed by atoms with E-state index in [1.807, 2.05) is 18.2 Å². The fourth-order valence-corrected chi connectivity index (χ4v) is 3.48. The largest absolute Gasteiger partial charge is 0.349 e. The number of nitrogens with one attached hydrogen (secondary N) is 2. The lowest BCUT2D eigenvalue weighted by atomic mass is 9.91. The molecule has 0 aromatic heterocycles. The van der Waals surface area contributed by atoms with E-state index < -0.39 is 5.82 Å². The van der Waals surface area contributed by atoms with Crippen LogP contribution in [-0.2, 0) is 6.54 Å². The minimum atomic E-state index is -0.494. The van der Waals surface area contributed by atoms with Gasteiger partial charge in [-0.05, 0) is 49.4 Å². The van der Waals surface area contributed by atoms with Gasteiger partial charge in [-0.1, -0.05) is 41.9 Å². The summed E-state index contributed by atoms with van der Waals surface area (Å²) in [5.41, 5.74) is 1.55. The first kappa shape index (κ1) is 17.9. The van der Waals surface area contributed by atoms with Gasteiger partial charge in [-0.3, -0.25) is 4.79 Å². The molecule has 3 nitrogen and oxygen atoms in total. The van der Waals surface area contributed by atoms with Gasteiger partial charge in [-0.2, -0.15) is 0 Å². The van der Waals surface area contributed by atoms with Gasteiger partial charge in [0.2, 0.25) is 0 Å². The summed E-state index contributed by atoms with van der Waals surface area (Å²) in [7, 11) is 0. The molecule has 2 aromatic carbocycles. The second kappa shape index (κ2) is 8.45. The monoisotopic (exact) mass is 360 g/mol. The van der Waals surface area contributed by atoms with Crippen molar-refractivity contribution >= 4 is 17.5 Å². The molecule has 2 aromatic rings. The highest BCUT2D eigenvalue weighted by molar-refractivity contribution is 6.31. The van der Waals surface area contributed by atoms with Crippen molar-refractivity contribution in [1.82, 2.24) is 10.6 Å². The number of benzene rings is 2. The highest BCUT2D eigenvalue weighted by Gasteiger charge is 2.22. The molecule has 1 amide bonds. The van der Waals surface area contributed by atoms with Crippen molar-refractivity contribution in [3.8, 4) is 0 Å². The summed E-state index contributed by atoms with van der Waals surface area (Å²) in [5, 5.41) is 6.81. The molecule has 1 aliphatic rings. The summed E-state index contributed by atoms with van der Waals surface area (Å²) >= 11 is 5.81. The van der Waals surface area contributed by atoms with Crippen LogP contribution in [0.1, 0.15) is 41.6 Å². The SMILES string of the molecule is O=C(NC1CCC(NCc2ccccc2)CC1)c1cc(F)cc(Cl)c1. The molecule has 1 saturated carbocycles. The first-order valence-electron chi connectivity index (χ1n) is 8.64. The molecule has 3 rings (SSSR count). The predicted octanol–water partition coefficient (Wildman–Crippen LogP) is 4.31. The van der Waals surface area contributed by atoms with Crippen LogP contribution in [0.15, 0.2) is 48.5 Å². The standard InChI is InChI=1S/C20H22ClFN2O/c21-16-10-15(11-17(22)12-16)20(25)24-19-8-6-18(7-9-19)23-13-14-4-2-1-3-5-14/h1-5,10-12,18-19,23H,6-9,13H2,(H,24,25). The van der Waals surface area contributed by atoms with Gasteiger partial charge >= 0.3 is 0 Å². The van der Waals surface area contributed by atoms with Gasteiger partial charge in [-0.15, -0.1) is 0 Å². The average Bonchev–Trinajstić information content (AvgIpc) is 2.61. The Morgan fingerprint density at radius 2 is 1.72 bits per heavy atom. The topological polar surface area (TPSA) is 41.1 Å². The van der Waals surface area contributed by atoms with Crippen LogP contribution in [0.3, 0.4) is 0 Å². The zero-order chi connectivity index (χ0) is 17.6. The van der Waals surface area contributed by atoms with E-state index in [1.165, 1.54) is 23.8 Å². The number of amides is 1. The van der Waals surface area contributed by atoms with E-state index in [1.54, 1.807) is 0 Å². The highest BCUT2D eigenvalue weighted by atomic mass is 35.5. The van der Waals surface area contributed by atoms with Crippen molar-refractivity contribution < 1.29 is 9.18 Å². The van der Waals surface area contributed by atoms with Gasteiger partial charge in [0.1, 0.15) is 5.82 Å². The second-order valence-electron chi connectivity index (χ2n) is 6.55. The molecule has 0 saturated heterocycles. The molecule has 1 fully saturated rings. The Balaban J connectivity index is 1.45. The molecular formula is C20H22ClFN2O. The molecule has 0 heterocycles. The molecule has 0 radical (unpaired) electrons. The van der Waals surface area contributed by atoms with E-state index >= 15 is 0 Å². The second-order valence-corrected chi connectivity index (χ2v) is 6.98. The molecule has 2 N–H and O–H groups in total. The van der Waals surface area contributed by atoms with Gasteiger partial charge in [0.15, 0.2) is 0 Å². The van der Waals surface area contributed by atoms with Crippen LogP contribution in [0.2, 0.25) is 5.02 Å². The maximum absolute atomic E-state index is 13.4. The van der Waals surface area contributed by atoms with Crippen molar-refractivity contribution in [2.24, 2.45) is 0 Å². The number of carbonyl (C=O) groups is 1. The normalized spacial score (nSPS) is 20.2. The van der Waals surface area contributed by atoms with Gasteiger partial charge in [0.25, 0.3) is 5.91 Å². The van der Waals surface area contributed by atoms with E-state index in [0.29, 0.717) is 6.04 Å². The number of halogens is 2. The Morgan fingerprint density at radius 1 is 1.04 bits per heavy atom. The summed E-state index contributed by atoms with van der Waals surface area (Å²) in [4.78, 5) is 12.3. The lowest BCUT2D eigenvalue weighted by Gasteiger charge is -2.30. The van der Waals surface area contributed by atoms with E-state index in [4.69, 9.17) is 11.6 Å². The summed E-state index contributed by atoms with van der Waals surface area (Å²) in [6, 6.07) is 14.8. The average molecular weight is 361 g/mol. The minimum absolute atomic E-state index is 0.129. The molecular weight excluding hydrogens is 339 g/mol. The number of hydrogen-bond donors (Lipinski definition) is 2. The smallest absolute Gasteiger partial charge is 0.251 e. The molecule has 132 valence electrons. The molecule has 1 aliphatic carbocycles. The molecule has 0 bridgehead atoms. The zero-order valence-corrected chi connectivity index (χ0v) is 14.7. The van der Waals surface area contributed by atoms with E-state index in [0.717, 1.165) is 32.2 Å². The Hall–Kier alpha value is -1.91. The van der Waals surface area contributed by atoms with Crippen LogP contribution in [0.5, 0.6) is 0 Å². The first-order valence-corrected chi connectivity index (χ1v) is 9.02. The van der Waals surface area contributed by atoms with Crippen molar-refractivity contribution in [2.75, 3.05) is 0 Å². The van der Waals surface area contributed by atoms with Gasteiger partial charge in [-0.25, -0.2) is 4.39 Å². The molecule has 0 unspecified atom stereocenters. The first-order chi connectivity index (χ1) is 12.1. The quantitative estimate of drug-likeness (QED) is 0.834. The Labute approximate surface area is 152 Å². The third-order valence-electron chi connectivity index (χ3n) is 4.62. The highest BCUT2D eigenvalue weighted by Crippen LogP contribution is 2.20. The number of carbonyl (C=O) groups excluding carboxylic acids is 1. The third-order valence-corrected chi connectivity index (χ3v) is 4.84. The van der Waals surface area contributed by atoms with Crippen LogP contribution in [-0.4, -0.2) is 18.0 Å². The van der Waals surface area contributed by atoms with Gasteiger partial charge in [0.05, 0.1) is 0 Å². The van der Waals surface area contributed by atoms with Crippen molar-refractivity contribution in [2.45, 2.75) is 44.3 Å². The summed E-state index contributed by atoms with van der Waals surface area (Å²) < 4.78 is 13.4. The lowest BCUT2D eigenvalue weighted by Crippen LogP contribution is -2.42. The number of hydrogen-bond acceptors (Lipinski definition) is 2. The maximum Gasteiger partial charge on any atom is 0.251 e. The van der Waals surface area contributed by atoms with E-state index in [9.17, 15) is 9.18 Å². The van der Waals surface area contributed by atoms with Crippen LogP contribution < -0.4 is 10.6 Å². The predicted molar refractivity (Wildman–Crippen MR) is 98.2 cm³/mol. The molecule has 5 heteroatoms. The van der Waals surface area contributed by atoms with Crippen LogP contribution in [0, 0.1) is 5.82 Å². The molecule has 25 heavy (non-hydrogen) atoms. The Kier molecular flexibility index (Phi) is 6.05. The Morgan fingerprint density at radius 3 is 2.40 bits per heavy atom. The summed E-state index contributed by atoms with van der Waals surface area (Å²) in [5.74, 6) is -0.756. The summed E-state index contributed by atoms with van der Waals surface area (Å²) in [6.45, 7) is 0.865. The van der Waals surface area contributed by atoms with Gasteiger partial charge < -0.3 is 10.6 Å². The fourth-order valence-electron chi connectivity index (χ4n) is 3.25. The van der Waals surface area contributed by atoms with Crippen LogP contribution in [0.25, 0.3) is 0 Å². The van der Waals surface area contributed by atoms with Crippen molar-refractivity contribution in [3.05, 3.63) is 70.5 Å². The minimum Gasteiger partial charge on any atom is -0.349 e. The number of rotatable bonds is 5. The zero-order valence-electron chi connectivity index (χ0n) is 14.0. The maximum atomic E-state index is 13.4. The molecule has 0 spiro atoms. The van der Waals surface area contributed by atoms with Gasteiger partial charge in [0, 0.05) is 29.2 Å². The fraction of sp³-hybridized carbons (Fsp3) is 0.350. The molecule has 0 atom stereocenters. The lowest BCUT2D eigenvalue weighted by molar-refractivity contribution is 0.0923. The molecule has 0 aliphatic heterocycles. The van der Waals surface area contributed by atoms with Crippen molar-refractivity contribution in [1.29, 1.82) is 0 Å². The van der Waals surface area contributed by atoms with Crippen LogP contribution >= 0.6 is 11.6 Å². The van der Waals surface area contributed by atoms with Crippen molar-refractivity contribution in [3.63, 3.8) is 0 Å². The van der Waals surface area contributed by atoms with E-state index in [2.05, 4.69) is 22.8 Å². The third kappa shape index (κ3) is 5.28.